The van der Waals surface area contributed by atoms with Crippen molar-refractivity contribution in [2.45, 2.75) is 6.92 Å². The third-order valence-electron chi connectivity index (χ3n) is 2.03. The lowest BCUT2D eigenvalue weighted by molar-refractivity contribution is -0.113. The highest BCUT2D eigenvalue weighted by Gasteiger charge is 2.07. The zero-order valence-electron chi connectivity index (χ0n) is 9.82. The average molecular weight is 250 g/mol. The largest absolute Gasteiger partial charge is 0.495 e. The van der Waals surface area contributed by atoms with Gasteiger partial charge in [-0.05, 0) is 24.6 Å². The second-order valence-corrected chi connectivity index (χ2v) is 4.39. The number of aryl methyl sites for hydroxylation is 1. The molecule has 0 radical (unpaired) electrons. The van der Waals surface area contributed by atoms with Crippen LogP contribution in [0.3, 0.4) is 0 Å². The fourth-order valence-electron chi connectivity index (χ4n) is 1.30. The van der Waals surface area contributed by atoms with Crippen LogP contribution >= 0.6 is 11.8 Å². The first-order chi connectivity index (χ1) is 8.17. The van der Waals surface area contributed by atoms with Gasteiger partial charge in [0.1, 0.15) is 5.75 Å². The van der Waals surface area contributed by atoms with Crippen molar-refractivity contribution < 1.29 is 9.53 Å². The van der Waals surface area contributed by atoms with E-state index in [0.717, 1.165) is 5.56 Å². The van der Waals surface area contributed by atoms with Gasteiger partial charge in [-0.3, -0.25) is 4.79 Å². The lowest BCUT2D eigenvalue weighted by Gasteiger charge is -2.10. The molecule has 0 saturated heterocycles. The smallest absolute Gasteiger partial charge is 0.234 e. The molecule has 4 nitrogen and oxygen atoms in total. The molecule has 0 unspecified atom stereocenters. The first-order valence-electron chi connectivity index (χ1n) is 5.06. The van der Waals surface area contributed by atoms with Crippen molar-refractivity contribution in [3.63, 3.8) is 0 Å². The van der Waals surface area contributed by atoms with Crippen LogP contribution in [0.4, 0.5) is 5.69 Å². The average Bonchev–Trinajstić information content (AvgIpc) is 2.29. The third-order valence-corrected chi connectivity index (χ3v) is 2.83. The van der Waals surface area contributed by atoms with E-state index in [1.807, 2.05) is 31.2 Å². The molecule has 0 aliphatic carbocycles. The highest BCUT2D eigenvalue weighted by atomic mass is 32.2. The summed E-state index contributed by atoms with van der Waals surface area (Å²) in [5.74, 6) is 1.09. The van der Waals surface area contributed by atoms with E-state index in [1.165, 1.54) is 11.8 Å². The lowest BCUT2D eigenvalue weighted by atomic mass is 10.2. The van der Waals surface area contributed by atoms with E-state index in [1.54, 1.807) is 7.11 Å². The SMILES string of the molecule is COc1ccc(C)cc1NC(=O)CSCC#N. The number of hydrogen-bond donors (Lipinski definition) is 1. The Balaban J connectivity index is 2.64. The second-order valence-electron chi connectivity index (χ2n) is 3.40. The molecule has 0 heterocycles. The first kappa shape index (κ1) is 13.4. The first-order valence-corrected chi connectivity index (χ1v) is 6.22. The maximum absolute atomic E-state index is 11.6. The van der Waals surface area contributed by atoms with Crippen LogP contribution in [0, 0.1) is 18.3 Å². The molecule has 17 heavy (non-hydrogen) atoms. The molecule has 0 aliphatic rings. The number of thioether (sulfide) groups is 1. The van der Waals surface area contributed by atoms with Gasteiger partial charge in [-0.15, -0.1) is 11.8 Å². The van der Waals surface area contributed by atoms with Gasteiger partial charge in [-0.1, -0.05) is 6.07 Å². The minimum Gasteiger partial charge on any atom is -0.495 e. The summed E-state index contributed by atoms with van der Waals surface area (Å²) in [6, 6.07) is 7.56. The van der Waals surface area contributed by atoms with Gasteiger partial charge >= 0.3 is 0 Å². The number of carbonyl (C=O) groups is 1. The fourth-order valence-corrected chi connectivity index (χ4v) is 1.75. The van der Waals surface area contributed by atoms with E-state index in [9.17, 15) is 4.79 Å². The maximum atomic E-state index is 11.6. The fraction of sp³-hybridized carbons (Fsp3) is 0.333. The molecule has 5 heteroatoms. The Morgan fingerprint density at radius 1 is 1.59 bits per heavy atom. The topological polar surface area (TPSA) is 62.1 Å². The number of methoxy groups -OCH3 is 1. The Bertz CT molecular complexity index is 441. The van der Waals surface area contributed by atoms with Crippen LogP contribution in [0.15, 0.2) is 18.2 Å². The summed E-state index contributed by atoms with van der Waals surface area (Å²) in [6.45, 7) is 1.94. The van der Waals surface area contributed by atoms with Crippen molar-refractivity contribution in [1.29, 1.82) is 5.26 Å². The quantitative estimate of drug-likeness (QED) is 0.814. The molecule has 0 spiro atoms. The van der Waals surface area contributed by atoms with Crippen LogP contribution in [0.2, 0.25) is 0 Å². The second kappa shape index (κ2) is 6.81. The zero-order valence-corrected chi connectivity index (χ0v) is 10.6. The van der Waals surface area contributed by atoms with Gasteiger partial charge in [-0.2, -0.15) is 5.26 Å². The summed E-state index contributed by atoms with van der Waals surface area (Å²) >= 11 is 1.28. The number of carbonyl (C=O) groups excluding carboxylic acids is 1. The third kappa shape index (κ3) is 4.37. The van der Waals surface area contributed by atoms with Crippen molar-refractivity contribution in [3.05, 3.63) is 23.8 Å². The molecule has 0 aromatic heterocycles. The van der Waals surface area contributed by atoms with E-state index in [4.69, 9.17) is 10.00 Å². The van der Waals surface area contributed by atoms with E-state index in [0.29, 0.717) is 17.2 Å². The van der Waals surface area contributed by atoms with Crippen LogP contribution in [-0.2, 0) is 4.79 Å². The molecule has 1 aromatic rings. The minimum atomic E-state index is -0.130. The molecule has 0 bridgehead atoms. The van der Waals surface area contributed by atoms with E-state index in [2.05, 4.69) is 5.32 Å². The molecule has 1 aromatic carbocycles. The number of benzene rings is 1. The predicted octanol–water partition coefficient (Wildman–Crippen LogP) is 2.20. The van der Waals surface area contributed by atoms with E-state index < -0.39 is 0 Å². The zero-order chi connectivity index (χ0) is 12.7. The predicted molar refractivity (Wildman–Crippen MR) is 69.3 cm³/mol. The Kier molecular flexibility index (Phi) is 5.37. The van der Waals surface area contributed by atoms with Crippen molar-refractivity contribution in [2.24, 2.45) is 0 Å². The molecule has 1 rings (SSSR count). The number of nitriles is 1. The molecule has 0 saturated carbocycles. The number of amides is 1. The number of nitrogens with zero attached hydrogens (tertiary/aromatic N) is 1. The highest BCUT2D eigenvalue weighted by molar-refractivity contribution is 8.00. The van der Waals surface area contributed by atoms with Gasteiger partial charge in [0, 0.05) is 0 Å². The molecule has 90 valence electrons. The Labute approximate surface area is 105 Å². The molecular formula is C12H14N2O2S. The van der Waals surface area contributed by atoms with Crippen molar-refractivity contribution in [2.75, 3.05) is 23.9 Å². The van der Waals surface area contributed by atoms with Gasteiger partial charge in [0.2, 0.25) is 5.91 Å². The minimum absolute atomic E-state index is 0.130. The highest BCUT2D eigenvalue weighted by Crippen LogP contribution is 2.25. The summed E-state index contributed by atoms with van der Waals surface area (Å²) in [5.41, 5.74) is 1.71. The van der Waals surface area contributed by atoms with Crippen LogP contribution in [0.1, 0.15) is 5.56 Å². The summed E-state index contributed by atoms with van der Waals surface area (Å²) in [4.78, 5) is 11.6. The number of nitrogens with one attached hydrogen (secondary N) is 1. The molecule has 0 fully saturated rings. The molecular weight excluding hydrogens is 236 g/mol. The van der Waals surface area contributed by atoms with Gasteiger partial charge in [0.25, 0.3) is 0 Å². The summed E-state index contributed by atoms with van der Waals surface area (Å²) in [5, 5.41) is 11.1. The van der Waals surface area contributed by atoms with Gasteiger partial charge in [0.05, 0.1) is 30.4 Å². The van der Waals surface area contributed by atoms with E-state index >= 15 is 0 Å². The molecule has 1 amide bonds. The van der Waals surface area contributed by atoms with Crippen LogP contribution in [0.25, 0.3) is 0 Å². The summed E-state index contributed by atoms with van der Waals surface area (Å²) < 4.78 is 5.15. The van der Waals surface area contributed by atoms with Crippen LogP contribution < -0.4 is 10.1 Å². The van der Waals surface area contributed by atoms with Gasteiger partial charge in [-0.25, -0.2) is 0 Å². The summed E-state index contributed by atoms with van der Waals surface area (Å²) in [7, 11) is 1.56. The lowest BCUT2D eigenvalue weighted by Crippen LogP contribution is -2.15. The van der Waals surface area contributed by atoms with Crippen LogP contribution in [-0.4, -0.2) is 24.5 Å². The monoisotopic (exact) mass is 250 g/mol. The normalized spacial score (nSPS) is 9.47. The van der Waals surface area contributed by atoms with Gasteiger partial charge in [0.15, 0.2) is 0 Å². The Morgan fingerprint density at radius 3 is 3.00 bits per heavy atom. The van der Waals surface area contributed by atoms with Crippen molar-refractivity contribution >= 4 is 23.4 Å². The standard InChI is InChI=1S/C12H14N2O2S/c1-9-3-4-11(16-2)10(7-9)14-12(15)8-17-6-5-13/h3-4,7H,6,8H2,1-2H3,(H,14,15). The number of ether oxygens (including phenoxy) is 1. The number of anilines is 1. The molecule has 1 N–H and O–H groups in total. The maximum Gasteiger partial charge on any atom is 0.234 e. The molecule has 0 aliphatic heterocycles. The van der Waals surface area contributed by atoms with Crippen LogP contribution in [0.5, 0.6) is 5.75 Å². The molecule has 0 atom stereocenters. The van der Waals surface area contributed by atoms with Crippen molar-refractivity contribution in [3.8, 4) is 11.8 Å². The Hall–Kier alpha value is -1.67. The number of hydrogen-bond acceptors (Lipinski definition) is 4. The summed E-state index contributed by atoms with van der Waals surface area (Å²) in [6.07, 6.45) is 0. The van der Waals surface area contributed by atoms with Crippen molar-refractivity contribution in [1.82, 2.24) is 0 Å². The number of rotatable bonds is 5. The Morgan fingerprint density at radius 2 is 2.35 bits per heavy atom. The van der Waals surface area contributed by atoms with Gasteiger partial charge < -0.3 is 10.1 Å². The van der Waals surface area contributed by atoms with E-state index in [-0.39, 0.29) is 11.7 Å².